The van der Waals surface area contributed by atoms with Crippen LogP contribution in [0.5, 0.6) is 0 Å². The van der Waals surface area contributed by atoms with Crippen LogP contribution in [0.2, 0.25) is 0 Å². The van der Waals surface area contributed by atoms with Gasteiger partial charge in [0.2, 0.25) is 0 Å². The van der Waals surface area contributed by atoms with E-state index in [0.29, 0.717) is 5.41 Å². The van der Waals surface area contributed by atoms with Crippen molar-refractivity contribution < 1.29 is 0 Å². The van der Waals surface area contributed by atoms with Gasteiger partial charge in [0.05, 0.1) is 5.69 Å². The summed E-state index contributed by atoms with van der Waals surface area (Å²) in [6.45, 7) is 10.4. The summed E-state index contributed by atoms with van der Waals surface area (Å²) < 4.78 is 0. The molecule has 1 aromatic heterocycles. The average molecular weight is 247 g/mol. The molecule has 3 heteroatoms. The van der Waals surface area contributed by atoms with E-state index in [9.17, 15) is 0 Å². The Labute approximate surface area is 111 Å². The normalized spacial score (nSPS) is 22.1. The molecule has 1 atom stereocenters. The topological polar surface area (TPSA) is 29.0 Å². The van der Waals surface area contributed by atoms with Crippen LogP contribution >= 0.6 is 0 Å². The van der Waals surface area contributed by atoms with E-state index in [2.05, 4.69) is 35.6 Å². The Balaban J connectivity index is 1.87. The van der Waals surface area contributed by atoms with Crippen LogP contribution in [-0.4, -0.2) is 28.0 Å². The number of likely N-dealkylation sites (tertiary alicyclic amines) is 1. The molecule has 1 aliphatic rings. The summed E-state index contributed by atoms with van der Waals surface area (Å²) in [5.41, 5.74) is 1.59. The quantitative estimate of drug-likeness (QED) is 0.821. The van der Waals surface area contributed by atoms with Crippen molar-refractivity contribution in [3.63, 3.8) is 0 Å². The smallest absolute Gasteiger partial charge is 0.115 e. The summed E-state index contributed by atoms with van der Waals surface area (Å²) in [5.74, 6) is 0.848. The Morgan fingerprint density at radius 2 is 2.22 bits per heavy atom. The molecular formula is C15H25N3. The van der Waals surface area contributed by atoms with E-state index in [1.807, 2.05) is 12.3 Å². The summed E-state index contributed by atoms with van der Waals surface area (Å²) >= 11 is 0. The van der Waals surface area contributed by atoms with Crippen LogP contribution in [0.1, 0.15) is 45.7 Å². The Kier molecular flexibility index (Phi) is 4.33. The molecule has 0 aliphatic carbocycles. The molecule has 100 valence electrons. The first-order valence-electron chi connectivity index (χ1n) is 7.00. The van der Waals surface area contributed by atoms with Crippen LogP contribution in [0.25, 0.3) is 0 Å². The van der Waals surface area contributed by atoms with Crippen LogP contribution in [0, 0.1) is 11.3 Å². The summed E-state index contributed by atoms with van der Waals surface area (Å²) in [6.07, 6.45) is 7.52. The average Bonchev–Trinajstić information content (AvgIpc) is 2.28. The summed E-state index contributed by atoms with van der Waals surface area (Å²) in [5, 5.41) is 0. The van der Waals surface area contributed by atoms with E-state index in [0.717, 1.165) is 18.2 Å². The van der Waals surface area contributed by atoms with Gasteiger partial charge in [-0.2, -0.15) is 0 Å². The molecule has 0 spiro atoms. The maximum Gasteiger partial charge on any atom is 0.115 e. The summed E-state index contributed by atoms with van der Waals surface area (Å²) in [4.78, 5) is 10.8. The lowest BCUT2D eigenvalue weighted by Crippen LogP contribution is -2.36. The second-order valence-electron chi connectivity index (χ2n) is 6.71. The fourth-order valence-corrected chi connectivity index (χ4v) is 2.97. The molecule has 3 nitrogen and oxygen atoms in total. The van der Waals surface area contributed by atoms with Crippen LogP contribution in [0.3, 0.4) is 0 Å². The minimum Gasteiger partial charge on any atom is -0.297 e. The van der Waals surface area contributed by atoms with Gasteiger partial charge < -0.3 is 0 Å². The lowest BCUT2D eigenvalue weighted by Gasteiger charge is -2.35. The number of nitrogens with zero attached hydrogens (tertiary/aromatic N) is 3. The first kappa shape index (κ1) is 13.5. The first-order chi connectivity index (χ1) is 8.53. The molecule has 0 bridgehead atoms. The van der Waals surface area contributed by atoms with E-state index in [-0.39, 0.29) is 0 Å². The van der Waals surface area contributed by atoms with Gasteiger partial charge in [-0.25, -0.2) is 9.97 Å². The molecule has 2 rings (SSSR count). The number of hydrogen-bond acceptors (Lipinski definition) is 3. The maximum absolute atomic E-state index is 4.32. The predicted octanol–water partition coefficient (Wildman–Crippen LogP) is 3.12. The van der Waals surface area contributed by atoms with Gasteiger partial charge in [0.25, 0.3) is 0 Å². The molecule has 0 radical (unpaired) electrons. The number of hydrogen-bond donors (Lipinski definition) is 0. The van der Waals surface area contributed by atoms with E-state index >= 15 is 0 Å². The van der Waals surface area contributed by atoms with Gasteiger partial charge in [0.1, 0.15) is 6.33 Å². The predicted molar refractivity (Wildman–Crippen MR) is 74.1 cm³/mol. The van der Waals surface area contributed by atoms with Crippen molar-refractivity contribution in [3.05, 3.63) is 24.3 Å². The number of aromatic nitrogens is 2. The third kappa shape index (κ3) is 4.37. The van der Waals surface area contributed by atoms with Crippen molar-refractivity contribution in [1.29, 1.82) is 0 Å². The van der Waals surface area contributed by atoms with Crippen molar-refractivity contribution >= 4 is 0 Å². The van der Waals surface area contributed by atoms with E-state index in [1.54, 1.807) is 6.33 Å². The van der Waals surface area contributed by atoms with Gasteiger partial charge in [0, 0.05) is 19.3 Å². The van der Waals surface area contributed by atoms with Gasteiger partial charge in [-0.1, -0.05) is 20.8 Å². The highest BCUT2D eigenvalue weighted by Gasteiger charge is 2.24. The van der Waals surface area contributed by atoms with Crippen molar-refractivity contribution in [2.24, 2.45) is 11.3 Å². The molecule has 1 fully saturated rings. The lowest BCUT2D eigenvalue weighted by atomic mass is 9.81. The monoisotopic (exact) mass is 247 g/mol. The molecule has 0 saturated carbocycles. The van der Waals surface area contributed by atoms with Gasteiger partial charge >= 0.3 is 0 Å². The minimum absolute atomic E-state index is 0.447. The Morgan fingerprint density at radius 3 is 2.89 bits per heavy atom. The molecule has 1 aromatic rings. The second-order valence-corrected chi connectivity index (χ2v) is 6.71. The fourth-order valence-electron chi connectivity index (χ4n) is 2.97. The molecule has 1 saturated heterocycles. The maximum atomic E-state index is 4.32. The van der Waals surface area contributed by atoms with Gasteiger partial charge in [-0.05, 0) is 43.2 Å². The van der Waals surface area contributed by atoms with Crippen molar-refractivity contribution in [2.45, 2.75) is 46.6 Å². The van der Waals surface area contributed by atoms with Crippen LogP contribution in [0.4, 0.5) is 0 Å². The highest BCUT2D eigenvalue weighted by Crippen LogP contribution is 2.30. The van der Waals surface area contributed by atoms with E-state index in [1.165, 1.54) is 32.4 Å². The third-order valence-electron chi connectivity index (χ3n) is 3.53. The fraction of sp³-hybridized carbons (Fsp3) is 0.733. The molecule has 0 amide bonds. The molecule has 0 N–H and O–H groups in total. The van der Waals surface area contributed by atoms with Crippen molar-refractivity contribution in [1.82, 2.24) is 14.9 Å². The summed E-state index contributed by atoms with van der Waals surface area (Å²) in [7, 11) is 0. The Morgan fingerprint density at radius 1 is 1.39 bits per heavy atom. The standard InChI is InChI=1S/C15H25N3/c1-15(2,3)9-13-5-4-8-18(10-13)11-14-6-7-16-12-17-14/h6-7,12-13H,4-5,8-11H2,1-3H3. The third-order valence-corrected chi connectivity index (χ3v) is 3.53. The zero-order valence-corrected chi connectivity index (χ0v) is 11.9. The second kappa shape index (κ2) is 5.79. The van der Waals surface area contributed by atoms with E-state index < -0.39 is 0 Å². The van der Waals surface area contributed by atoms with E-state index in [4.69, 9.17) is 0 Å². The molecule has 2 heterocycles. The zero-order valence-electron chi connectivity index (χ0n) is 11.9. The van der Waals surface area contributed by atoms with Gasteiger partial charge in [0.15, 0.2) is 0 Å². The van der Waals surface area contributed by atoms with Crippen molar-refractivity contribution in [2.75, 3.05) is 13.1 Å². The summed E-state index contributed by atoms with van der Waals surface area (Å²) in [6, 6.07) is 2.02. The lowest BCUT2D eigenvalue weighted by molar-refractivity contribution is 0.134. The number of rotatable bonds is 3. The largest absolute Gasteiger partial charge is 0.297 e. The molecule has 1 unspecified atom stereocenters. The van der Waals surface area contributed by atoms with Crippen molar-refractivity contribution in [3.8, 4) is 0 Å². The number of piperidine rings is 1. The van der Waals surface area contributed by atoms with Gasteiger partial charge in [-0.3, -0.25) is 4.90 Å². The zero-order chi connectivity index (χ0) is 13.0. The Hall–Kier alpha value is -0.960. The molecule has 18 heavy (non-hydrogen) atoms. The van der Waals surface area contributed by atoms with Gasteiger partial charge in [-0.15, -0.1) is 0 Å². The first-order valence-corrected chi connectivity index (χ1v) is 7.00. The Bertz CT molecular complexity index is 356. The SMILES string of the molecule is CC(C)(C)CC1CCCN(Cc2ccncn2)C1. The highest BCUT2D eigenvalue weighted by atomic mass is 15.1. The highest BCUT2D eigenvalue weighted by molar-refractivity contribution is 4.98. The molecular weight excluding hydrogens is 222 g/mol. The van der Waals surface area contributed by atoms with Crippen LogP contribution < -0.4 is 0 Å². The van der Waals surface area contributed by atoms with Crippen LogP contribution in [-0.2, 0) is 6.54 Å². The van der Waals surface area contributed by atoms with Crippen LogP contribution in [0.15, 0.2) is 18.6 Å². The molecule has 0 aromatic carbocycles. The molecule has 1 aliphatic heterocycles. The minimum atomic E-state index is 0.447.